The topological polar surface area (TPSA) is 90.5 Å². The monoisotopic (exact) mass is 306 g/mol. The van der Waals surface area contributed by atoms with E-state index in [4.69, 9.17) is 0 Å². The normalized spacial score (nSPS) is 10.4. The van der Waals surface area contributed by atoms with Crippen LogP contribution in [0.1, 0.15) is 13.8 Å². The SMILES string of the molecule is CC(C)NC(=O)CN(C)CC(=O)NC(=O)Nc1ccccc1. The van der Waals surface area contributed by atoms with Crippen LogP contribution in [0.25, 0.3) is 0 Å². The van der Waals surface area contributed by atoms with Crippen molar-refractivity contribution in [2.24, 2.45) is 0 Å². The molecule has 4 amide bonds. The number of urea groups is 1. The molecule has 0 atom stereocenters. The molecular formula is C15H22N4O3. The third-order valence-corrected chi connectivity index (χ3v) is 2.56. The molecule has 7 heteroatoms. The molecule has 0 saturated heterocycles. The van der Waals surface area contributed by atoms with Crippen molar-refractivity contribution in [3.05, 3.63) is 30.3 Å². The Hall–Kier alpha value is -2.41. The average molecular weight is 306 g/mol. The number of hydrogen-bond acceptors (Lipinski definition) is 4. The van der Waals surface area contributed by atoms with Gasteiger partial charge in [0.2, 0.25) is 11.8 Å². The van der Waals surface area contributed by atoms with Gasteiger partial charge in [0, 0.05) is 11.7 Å². The van der Waals surface area contributed by atoms with Gasteiger partial charge >= 0.3 is 6.03 Å². The van der Waals surface area contributed by atoms with E-state index in [9.17, 15) is 14.4 Å². The first-order chi connectivity index (χ1) is 10.4. The molecule has 0 saturated carbocycles. The fourth-order valence-electron chi connectivity index (χ4n) is 1.76. The summed E-state index contributed by atoms with van der Waals surface area (Å²) in [5.74, 6) is -0.646. The summed E-state index contributed by atoms with van der Waals surface area (Å²) in [5, 5.41) is 7.48. The van der Waals surface area contributed by atoms with Crippen molar-refractivity contribution in [2.75, 3.05) is 25.5 Å². The van der Waals surface area contributed by atoms with Crippen molar-refractivity contribution in [2.45, 2.75) is 19.9 Å². The molecule has 120 valence electrons. The standard InChI is InChI=1S/C15H22N4O3/c1-11(2)16-13(20)9-19(3)10-14(21)18-15(22)17-12-7-5-4-6-8-12/h4-8,11H,9-10H2,1-3H3,(H,16,20)(H2,17,18,21,22). The molecule has 1 rings (SSSR count). The first-order valence-electron chi connectivity index (χ1n) is 7.00. The zero-order chi connectivity index (χ0) is 16.5. The van der Waals surface area contributed by atoms with E-state index in [1.165, 1.54) is 4.90 Å². The highest BCUT2D eigenvalue weighted by atomic mass is 16.2. The van der Waals surface area contributed by atoms with Crippen LogP contribution in [-0.2, 0) is 9.59 Å². The fourth-order valence-corrected chi connectivity index (χ4v) is 1.76. The molecule has 0 aromatic heterocycles. The van der Waals surface area contributed by atoms with Crippen LogP contribution in [0.15, 0.2) is 30.3 Å². The Bertz CT molecular complexity index is 517. The molecule has 0 heterocycles. The molecule has 0 aliphatic rings. The third-order valence-electron chi connectivity index (χ3n) is 2.56. The molecule has 0 spiro atoms. The van der Waals surface area contributed by atoms with Gasteiger partial charge in [-0.3, -0.25) is 19.8 Å². The minimum Gasteiger partial charge on any atom is -0.353 e. The Morgan fingerprint density at radius 1 is 1.05 bits per heavy atom. The van der Waals surface area contributed by atoms with Gasteiger partial charge in [0.15, 0.2) is 0 Å². The summed E-state index contributed by atoms with van der Waals surface area (Å²) >= 11 is 0. The first kappa shape index (κ1) is 17.6. The number of hydrogen-bond donors (Lipinski definition) is 3. The zero-order valence-corrected chi connectivity index (χ0v) is 13.1. The number of amides is 4. The van der Waals surface area contributed by atoms with Crippen molar-refractivity contribution in [3.8, 4) is 0 Å². The smallest absolute Gasteiger partial charge is 0.325 e. The van der Waals surface area contributed by atoms with Gasteiger partial charge in [-0.2, -0.15) is 0 Å². The minimum atomic E-state index is -0.601. The lowest BCUT2D eigenvalue weighted by Gasteiger charge is -2.16. The number of carbonyl (C=O) groups is 3. The lowest BCUT2D eigenvalue weighted by Crippen LogP contribution is -2.44. The Labute approximate surface area is 130 Å². The van der Waals surface area contributed by atoms with Gasteiger partial charge in [0.25, 0.3) is 0 Å². The summed E-state index contributed by atoms with van der Waals surface area (Å²) < 4.78 is 0. The molecule has 22 heavy (non-hydrogen) atoms. The van der Waals surface area contributed by atoms with Crippen LogP contribution >= 0.6 is 0 Å². The summed E-state index contributed by atoms with van der Waals surface area (Å²) in [4.78, 5) is 36.4. The van der Waals surface area contributed by atoms with Gasteiger partial charge in [-0.15, -0.1) is 0 Å². The van der Waals surface area contributed by atoms with Gasteiger partial charge in [-0.1, -0.05) is 18.2 Å². The average Bonchev–Trinajstić information content (AvgIpc) is 2.37. The Morgan fingerprint density at radius 3 is 2.23 bits per heavy atom. The lowest BCUT2D eigenvalue weighted by atomic mass is 10.3. The van der Waals surface area contributed by atoms with Gasteiger partial charge < -0.3 is 10.6 Å². The third kappa shape index (κ3) is 7.39. The molecule has 0 fully saturated rings. The molecule has 0 radical (unpaired) electrons. The molecule has 1 aromatic rings. The number of anilines is 1. The van der Waals surface area contributed by atoms with E-state index >= 15 is 0 Å². The van der Waals surface area contributed by atoms with Crippen LogP contribution in [0.2, 0.25) is 0 Å². The van der Waals surface area contributed by atoms with E-state index in [1.807, 2.05) is 19.9 Å². The summed E-state index contributed by atoms with van der Waals surface area (Å²) in [6, 6.07) is 8.25. The van der Waals surface area contributed by atoms with E-state index in [0.717, 1.165) is 0 Å². The molecule has 1 aromatic carbocycles. The Kier molecular flexibility index (Phi) is 7.04. The maximum absolute atomic E-state index is 11.7. The highest BCUT2D eigenvalue weighted by molar-refractivity contribution is 6.01. The predicted octanol–water partition coefficient (Wildman–Crippen LogP) is 0.791. The summed E-state index contributed by atoms with van der Waals surface area (Å²) in [6.07, 6.45) is 0. The summed E-state index contributed by atoms with van der Waals surface area (Å²) in [7, 11) is 1.63. The quantitative estimate of drug-likeness (QED) is 0.725. The number of benzene rings is 1. The number of carbonyl (C=O) groups excluding carboxylic acids is 3. The second kappa shape index (κ2) is 8.78. The minimum absolute atomic E-state index is 0.0476. The maximum atomic E-state index is 11.7. The van der Waals surface area contributed by atoms with E-state index < -0.39 is 11.9 Å². The van der Waals surface area contributed by atoms with Crippen molar-refractivity contribution in [1.29, 1.82) is 0 Å². The van der Waals surface area contributed by atoms with Crippen LogP contribution in [0.3, 0.4) is 0 Å². The lowest BCUT2D eigenvalue weighted by molar-refractivity contribution is -0.124. The van der Waals surface area contributed by atoms with Gasteiger partial charge in [-0.05, 0) is 33.0 Å². The number of likely N-dealkylation sites (N-methyl/N-ethyl adjacent to an activating group) is 1. The van der Waals surface area contributed by atoms with Crippen LogP contribution in [0.5, 0.6) is 0 Å². The molecule has 0 bridgehead atoms. The van der Waals surface area contributed by atoms with Crippen molar-refractivity contribution < 1.29 is 14.4 Å². The first-order valence-corrected chi connectivity index (χ1v) is 7.00. The second-order valence-corrected chi connectivity index (χ2v) is 5.26. The van der Waals surface area contributed by atoms with E-state index in [0.29, 0.717) is 5.69 Å². The highest BCUT2D eigenvalue weighted by Gasteiger charge is 2.13. The van der Waals surface area contributed by atoms with Crippen molar-refractivity contribution >= 4 is 23.5 Å². The number of rotatable bonds is 6. The largest absolute Gasteiger partial charge is 0.353 e. The number of imide groups is 1. The number of para-hydroxylation sites is 1. The van der Waals surface area contributed by atoms with Crippen molar-refractivity contribution in [1.82, 2.24) is 15.5 Å². The van der Waals surface area contributed by atoms with Crippen LogP contribution in [0.4, 0.5) is 10.5 Å². The van der Waals surface area contributed by atoms with Crippen molar-refractivity contribution in [3.63, 3.8) is 0 Å². The molecule has 0 unspecified atom stereocenters. The molecule has 3 N–H and O–H groups in total. The van der Waals surface area contributed by atoms with Gasteiger partial charge in [-0.25, -0.2) is 4.79 Å². The summed E-state index contributed by atoms with van der Waals surface area (Å²) in [5.41, 5.74) is 0.595. The predicted molar refractivity (Wildman–Crippen MR) is 84.4 cm³/mol. The summed E-state index contributed by atoms with van der Waals surface area (Å²) in [6.45, 7) is 3.76. The number of nitrogens with zero attached hydrogens (tertiary/aromatic N) is 1. The zero-order valence-electron chi connectivity index (χ0n) is 13.1. The Balaban J connectivity index is 2.33. The van der Waals surface area contributed by atoms with Crippen LogP contribution in [-0.4, -0.2) is 48.9 Å². The fraction of sp³-hybridized carbons (Fsp3) is 0.400. The number of nitrogens with one attached hydrogen (secondary N) is 3. The van der Waals surface area contributed by atoms with Crippen LogP contribution < -0.4 is 16.0 Å². The second-order valence-electron chi connectivity index (χ2n) is 5.26. The van der Waals surface area contributed by atoms with E-state index in [2.05, 4.69) is 16.0 Å². The molecular weight excluding hydrogens is 284 g/mol. The van der Waals surface area contributed by atoms with Gasteiger partial charge in [0.05, 0.1) is 13.1 Å². The van der Waals surface area contributed by atoms with Crippen LogP contribution in [0, 0.1) is 0 Å². The molecule has 7 nitrogen and oxygen atoms in total. The molecule has 0 aliphatic heterocycles. The Morgan fingerprint density at radius 2 is 1.64 bits per heavy atom. The highest BCUT2D eigenvalue weighted by Crippen LogP contribution is 2.03. The van der Waals surface area contributed by atoms with E-state index in [1.54, 1.807) is 31.3 Å². The molecule has 0 aliphatic carbocycles. The van der Waals surface area contributed by atoms with E-state index in [-0.39, 0.29) is 25.0 Å². The maximum Gasteiger partial charge on any atom is 0.325 e. The van der Waals surface area contributed by atoms with Gasteiger partial charge in [0.1, 0.15) is 0 Å².